The monoisotopic (exact) mass is 283 g/mol. The highest BCUT2D eigenvalue weighted by molar-refractivity contribution is 8.00. The van der Waals surface area contributed by atoms with Crippen molar-refractivity contribution in [2.75, 3.05) is 6.54 Å². The zero-order chi connectivity index (χ0) is 13.5. The van der Waals surface area contributed by atoms with Gasteiger partial charge in [-0.3, -0.25) is 0 Å². The predicted octanol–water partition coefficient (Wildman–Crippen LogP) is 5.00. The summed E-state index contributed by atoms with van der Waals surface area (Å²) in [7, 11) is 0. The fourth-order valence-corrected chi connectivity index (χ4v) is 5.65. The van der Waals surface area contributed by atoms with E-state index in [0.717, 1.165) is 22.5 Å². The molecule has 2 fully saturated rings. The third kappa shape index (κ3) is 4.97. The van der Waals surface area contributed by atoms with Crippen molar-refractivity contribution < 1.29 is 0 Å². The van der Waals surface area contributed by atoms with Gasteiger partial charge in [-0.15, -0.1) is 0 Å². The number of rotatable bonds is 6. The molecule has 0 heterocycles. The topological polar surface area (TPSA) is 12.0 Å². The minimum Gasteiger partial charge on any atom is -0.313 e. The molecule has 0 amide bonds. The third-order valence-electron chi connectivity index (χ3n) is 5.05. The highest BCUT2D eigenvalue weighted by atomic mass is 32.2. The van der Waals surface area contributed by atoms with Gasteiger partial charge in [0.05, 0.1) is 0 Å². The molecule has 0 aromatic rings. The van der Waals surface area contributed by atoms with Crippen LogP contribution in [0.25, 0.3) is 0 Å². The van der Waals surface area contributed by atoms with Crippen LogP contribution in [0.3, 0.4) is 0 Å². The summed E-state index contributed by atoms with van der Waals surface area (Å²) in [5, 5.41) is 5.70. The van der Waals surface area contributed by atoms with Crippen LogP contribution in [0, 0.1) is 5.92 Å². The van der Waals surface area contributed by atoms with Crippen LogP contribution in [-0.4, -0.2) is 23.1 Å². The van der Waals surface area contributed by atoms with E-state index in [1.54, 1.807) is 0 Å². The number of nitrogens with one attached hydrogen (secondary N) is 1. The van der Waals surface area contributed by atoms with Crippen LogP contribution in [0.5, 0.6) is 0 Å². The van der Waals surface area contributed by atoms with E-state index in [-0.39, 0.29) is 0 Å². The summed E-state index contributed by atoms with van der Waals surface area (Å²) in [6.45, 7) is 5.88. The van der Waals surface area contributed by atoms with Gasteiger partial charge in [0.15, 0.2) is 0 Å². The summed E-state index contributed by atoms with van der Waals surface area (Å²) < 4.78 is 0. The SMILES string of the molecule is CCCNC1CCC(CC)CC1SC1CCCCC1. The van der Waals surface area contributed by atoms with Crippen molar-refractivity contribution in [2.24, 2.45) is 5.92 Å². The van der Waals surface area contributed by atoms with Crippen LogP contribution in [0.4, 0.5) is 0 Å². The smallest absolute Gasteiger partial charge is 0.0206 e. The van der Waals surface area contributed by atoms with E-state index in [1.165, 1.54) is 70.8 Å². The molecule has 0 saturated heterocycles. The van der Waals surface area contributed by atoms with Crippen LogP contribution in [0.15, 0.2) is 0 Å². The Labute approximate surface area is 124 Å². The number of hydrogen-bond donors (Lipinski definition) is 1. The van der Waals surface area contributed by atoms with E-state index in [4.69, 9.17) is 0 Å². The summed E-state index contributed by atoms with van der Waals surface area (Å²) >= 11 is 2.36. The fourth-order valence-electron chi connectivity index (χ4n) is 3.74. The van der Waals surface area contributed by atoms with Crippen molar-refractivity contribution >= 4 is 11.8 Å². The number of thioether (sulfide) groups is 1. The van der Waals surface area contributed by atoms with Gasteiger partial charge in [-0.25, -0.2) is 0 Å². The first-order valence-corrected chi connectivity index (χ1v) is 9.66. The van der Waals surface area contributed by atoms with Crippen molar-refractivity contribution in [1.29, 1.82) is 0 Å². The molecule has 1 N–H and O–H groups in total. The number of hydrogen-bond acceptors (Lipinski definition) is 2. The second kappa shape index (κ2) is 8.56. The molecule has 2 rings (SSSR count). The van der Waals surface area contributed by atoms with Crippen molar-refractivity contribution in [3.63, 3.8) is 0 Å². The summed E-state index contributed by atoms with van der Waals surface area (Å²) in [5.41, 5.74) is 0. The van der Waals surface area contributed by atoms with Crippen molar-refractivity contribution in [1.82, 2.24) is 5.32 Å². The van der Waals surface area contributed by atoms with Crippen LogP contribution < -0.4 is 5.32 Å². The first-order valence-electron chi connectivity index (χ1n) is 8.72. The molecule has 0 radical (unpaired) electrons. The van der Waals surface area contributed by atoms with E-state index < -0.39 is 0 Å². The van der Waals surface area contributed by atoms with Crippen LogP contribution >= 0.6 is 11.8 Å². The molecule has 0 bridgehead atoms. The Bertz CT molecular complexity index is 237. The van der Waals surface area contributed by atoms with Gasteiger partial charge in [0, 0.05) is 16.5 Å². The highest BCUT2D eigenvalue weighted by Gasteiger charge is 2.31. The van der Waals surface area contributed by atoms with Gasteiger partial charge in [-0.1, -0.05) is 39.5 Å². The Morgan fingerprint density at radius 2 is 1.79 bits per heavy atom. The van der Waals surface area contributed by atoms with Gasteiger partial charge in [0.1, 0.15) is 0 Å². The van der Waals surface area contributed by atoms with Gasteiger partial charge in [-0.2, -0.15) is 11.8 Å². The molecular weight excluding hydrogens is 250 g/mol. The van der Waals surface area contributed by atoms with Crippen LogP contribution in [0.1, 0.15) is 78.1 Å². The van der Waals surface area contributed by atoms with E-state index in [1.807, 2.05) is 0 Å². The molecule has 1 nitrogen and oxygen atoms in total. The standard InChI is InChI=1S/C17H33NS/c1-3-12-18-16-11-10-14(4-2)13-17(16)19-15-8-6-5-7-9-15/h14-18H,3-13H2,1-2H3. The molecule has 0 spiro atoms. The predicted molar refractivity (Wildman–Crippen MR) is 88.0 cm³/mol. The average molecular weight is 284 g/mol. The van der Waals surface area contributed by atoms with Gasteiger partial charge in [-0.05, 0) is 51.0 Å². The van der Waals surface area contributed by atoms with Crippen molar-refractivity contribution in [3.8, 4) is 0 Å². The average Bonchev–Trinajstić information content (AvgIpc) is 2.47. The first kappa shape index (κ1) is 15.7. The Morgan fingerprint density at radius 1 is 1.00 bits per heavy atom. The van der Waals surface area contributed by atoms with Crippen molar-refractivity contribution in [2.45, 2.75) is 94.6 Å². The van der Waals surface area contributed by atoms with Gasteiger partial charge in [0.25, 0.3) is 0 Å². The highest BCUT2D eigenvalue weighted by Crippen LogP contribution is 2.39. The second-order valence-corrected chi connectivity index (χ2v) is 8.13. The van der Waals surface area contributed by atoms with E-state index in [2.05, 4.69) is 30.9 Å². The molecule has 3 unspecified atom stereocenters. The lowest BCUT2D eigenvalue weighted by molar-refractivity contribution is 0.294. The zero-order valence-electron chi connectivity index (χ0n) is 13.0. The molecule has 3 atom stereocenters. The van der Waals surface area contributed by atoms with E-state index >= 15 is 0 Å². The van der Waals surface area contributed by atoms with Gasteiger partial charge < -0.3 is 5.32 Å². The molecule has 2 aliphatic carbocycles. The molecule has 2 saturated carbocycles. The quantitative estimate of drug-likeness (QED) is 0.736. The lowest BCUT2D eigenvalue weighted by Crippen LogP contribution is -2.43. The normalized spacial score (nSPS) is 33.5. The second-order valence-electron chi connectivity index (χ2n) is 6.58. The molecule has 0 aromatic heterocycles. The first-order chi connectivity index (χ1) is 9.33. The van der Waals surface area contributed by atoms with Crippen LogP contribution in [0.2, 0.25) is 0 Å². The summed E-state index contributed by atoms with van der Waals surface area (Å²) in [6, 6.07) is 0.801. The fraction of sp³-hybridized carbons (Fsp3) is 1.00. The van der Waals surface area contributed by atoms with Crippen LogP contribution in [-0.2, 0) is 0 Å². The Balaban J connectivity index is 1.85. The summed E-state index contributed by atoms with van der Waals surface area (Å²) in [5.74, 6) is 1.00. The molecular formula is C17H33NS. The molecule has 112 valence electrons. The Hall–Kier alpha value is 0.310. The molecule has 2 heteroatoms. The summed E-state index contributed by atoms with van der Waals surface area (Å²) in [6.07, 6.45) is 14.4. The summed E-state index contributed by atoms with van der Waals surface area (Å²) in [4.78, 5) is 0. The molecule has 0 aromatic carbocycles. The molecule has 0 aliphatic heterocycles. The lowest BCUT2D eigenvalue weighted by atomic mass is 9.84. The van der Waals surface area contributed by atoms with E-state index in [0.29, 0.717) is 0 Å². The Morgan fingerprint density at radius 3 is 2.47 bits per heavy atom. The maximum absolute atomic E-state index is 3.83. The Kier molecular flexibility index (Phi) is 7.07. The minimum atomic E-state index is 0.801. The maximum Gasteiger partial charge on any atom is 0.0206 e. The van der Waals surface area contributed by atoms with Gasteiger partial charge in [0.2, 0.25) is 0 Å². The maximum atomic E-state index is 3.83. The lowest BCUT2D eigenvalue weighted by Gasteiger charge is -2.38. The molecule has 2 aliphatic rings. The zero-order valence-corrected chi connectivity index (χ0v) is 13.8. The third-order valence-corrected chi connectivity index (χ3v) is 6.78. The largest absolute Gasteiger partial charge is 0.313 e. The molecule has 19 heavy (non-hydrogen) atoms. The van der Waals surface area contributed by atoms with Gasteiger partial charge >= 0.3 is 0 Å². The van der Waals surface area contributed by atoms with Crippen molar-refractivity contribution in [3.05, 3.63) is 0 Å². The minimum absolute atomic E-state index is 0.801. The van der Waals surface area contributed by atoms with E-state index in [9.17, 15) is 0 Å².